The molecule has 0 spiro atoms. The van der Waals surface area contributed by atoms with E-state index < -0.39 is 5.41 Å². The molecule has 3 aromatic rings. The van der Waals surface area contributed by atoms with Crippen LogP contribution in [0.15, 0.2) is 72.8 Å². The summed E-state index contributed by atoms with van der Waals surface area (Å²) < 4.78 is 5.27. The van der Waals surface area contributed by atoms with E-state index in [1.165, 1.54) is 0 Å². The molecule has 1 heterocycles. The van der Waals surface area contributed by atoms with Gasteiger partial charge >= 0.3 is 0 Å². The van der Waals surface area contributed by atoms with Crippen LogP contribution in [0.2, 0.25) is 10.0 Å². The molecule has 1 N–H and O–H groups in total. The Labute approximate surface area is 258 Å². The Balaban J connectivity index is 1.30. The molecule has 0 radical (unpaired) electrons. The van der Waals surface area contributed by atoms with Crippen molar-refractivity contribution in [2.24, 2.45) is 5.92 Å². The number of carbonyl (C=O) groups is 2. The molecule has 6 nitrogen and oxygen atoms in total. The lowest BCUT2D eigenvalue weighted by atomic mass is 9.80. The van der Waals surface area contributed by atoms with Gasteiger partial charge in [0.1, 0.15) is 5.75 Å². The zero-order valence-corrected chi connectivity index (χ0v) is 26.0. The van der Waals surface area contributed by atoms with Gasteiger partial charge in [0.25, 0.3) is 0 Å². The number of ether oxygens (including phenoxy) is 1. The van der Waals surface area contributed by atoms with Crippen molar-refractivity contribution in [1.29, 1.82) is 0 Å². The van der Waals surface area contributed by atoms with Crippen LogP contribution in [0, 0.1) is 5.92 Å². The molecule has 2 amide bonds. The molecule has 3 aromatic carbocycles. The van der Waals surface area contributed by atoms with Crippen LogP contribution < -0.4 is 10.1 Å². The monoisotopic (exact) mass is 607 g/mol. The van der Waals surface area contributed by atoms with Gasteiger partial charge in [0.15, 0.2) is 0 Å². The number of nitrogens with one attached hydrogen (secondary N) is 1. The number of piperidine rings is 1. The highest BCUT2D eigenvalue weighted by atomic mass is 35.5. The third-order valence-electron chi connectivity index (χ3n) is 9.09. The van der Waals surface area contributed by atoms with Gasteiger partial charge in [-0.25, -0.2) is 0 Å². The summed E-state index contributed by atoms with van der Waals surface area (Å²) in [6.45, 7) is 4.68. The molecule has 2 aliphatic rings. The number of methoxy groups -OCH3 is 1. The predicted molar refractivity (Wildman–Crippen MR) is 168 cm³/mol. The maximum absolute atomic E-state index is 14.2. The van der Waals surface area contributed by atoms with Gasteiger partial charge in [0.2, 0.25) is 11.8 Å². The standard InChI is InChI=1S/C34H39Cl2N3O3/c1-24(40)37-33(26-7-5-4-6-8-26)16-19-39(20-17-33)23-28-22-34(28,27-11-14-30(35)31(36)21-27)32(41)38(2)18-15-25-9-12-29(42-3)13-10-25/h4-14,21,28H,15-20,22-23H2,1-3H3,(H,37,40). The number of hydrogen-bond donors (Lipinski definition) is 1. The molecule has 0 aromatic heterocycles. The van der Waals surface area contributed by atoms with Crippen molar-refractivity contribution in [3.63, 3.8) is 0 Å². The highest BCUT2D eigenvalue weighted by molar-refractivity contribution is 6.42. The first-order valence-electron chi connectivity index (χ1n) is 14.6. The lowest BCUT2D eigenvalue weighted by Crippen LogP contribution is -2.53. The van der Waals surface area contributed by atoms with Crippen LogP contribution in [-0.4, -0.2) is 62.0 Å². The number of carbonyl (C=O) groups excluding carboxylic acids is 2. The van der Waals surface area contributed by atoms with Gasteiger partial charge < -0.3 is 19.9 Å². The molecule has 42 heavy (non-hydrogen) atoms. The highest BCUT2D eigenvalue weighted by Gasteiger charge is 2.62. The van der Waals surface area contributed by atoms with E-state index in [2.05, 4.69) is 22.3 Å². The average Bonchev–Trinajstić information content (AvgIpc) is 3.72. The second-order valence-corrected chi connectivity index (χ2v) is 12.6. The van der Waals surface area contributed by atoms with Crippen LogP contribution in [0.4, 0.5) is 0 Å². The second kappa shape index (κ2) is 12.7. The van der Waals surface area contributed by atoms with E-state index >= 15 is 0 Å². The highest BCUT2D eigenvalue weighted by Crippen LogP contribution is 2.56. The van der Waals surface area contributed by atoms with Crippen LogP contribution in [0.25, 0.3) is 0 Å². The van der Waals surface area contributed by atoms with Crippen molar-refractivity contribution >= 4 is 35.0 Å². The molecule has 2 fully saturated rings. The Morgan fingerprint density at radius 1 is 0.976 bits per heavy atom. The molecule has 2 unspecified atom stereocenters. The number of benzene rings is 3. The maximum Gasteiger partial charge on any atom is 0.233 e. The molecular weight excluding hydrogens is 569 g/mol. The molecule has 5 rings (SSSR count). The van der Waals surface area contributed by atoms with Gasteiger partial charge in [-0.15, -0.1) is 0 Å². The smallest absolute Gasteiger partial charge is 0.233 e. The van der Waals surface area contributed by atoms with Gasteiger partial charge in [0.05, 0.1) is 28.1 Å². The summed E-state index contributed by atoms with van der Waals surface area (Å²) in [6, 6.07) is 23.8. The predicted octanol–water partition coefficient (Wildman–Crippen LogP) is 6.09. The summed E-state index contributed by atoms with van der Waals surface area (Å²) in [4.78, 5) is 30.6. The minimum Gasteiger partial charge on any atom is -0.497 e. The van der Waals surface area contributed by atoms with E-state index in [0.717, 1.165) is 67.8 Å². The summed E-state index contributed by atoms with van der Waals surface area (Å²) in [5.41, 5.74) is 2.22. The van der Waals surface area contributed by atoms with E-state index in [0.29, 0.717) is 16.6 Å². The minimum absolute atomic E-state index is 0.0172. The number of hydrogen-bond acceptors (Lipinski definition) is 4. The molecule has 1 aliphatic carbocycles. The van der Waals surface area contributed by atoms with Crippen molar-refractivity contribution in [1.82, 2.24) is 15.1 Å². The zero-order valence-electron chi connectivity index (χ0n) is 24.5. The van der Waals surface area contributed by atoms with Crippen LogP contribution in [-0.2, 0) is 27.0 Å². The van der Waals surface area contributed by atoms with Gasteiger partial charge in [-0.2, -0.15) is 0 Å². The normalized spacial score (nSPS) is 21.4. The Bertz CT molecular complexity index is 1410. The van der Waals surface area contributed by atoms with E-state index in [4.69, 9.17) is 27.9 Å². The van der Waals surface area contributed by atoms with Gasteiger partial charge in [-0.1, -0.05) is 71.7 Å². The largest absolute Gasteiger partial charge is 0.497 e. The van der Waals surface area contributed by atoms with E-state index in [9.17, 15) is 9.59 Å². The molecule has 2 atom stereocenters. The molecule has 1 saturated heterocycles. The summed E-state index contributed by atoms with van der Waals surface area (Å²) in [5, 5.41) is 4.21. The summed E-state index contributed by atoms with van der Waals surface area (Å²) in [5.74, 6) is 1.08. The summed E-state index contributed by atoms with van der Waals surface area (Å²) in [6.07, 6.45) is 3.16. The topological polar surface area (TPSA) is 61.9 Å². The second-order valence-electron chi connectivity index (χ2n) is 11.8. The summed E-state index contributed by atoms with van der Waals surface area (Å²) >= 11 is 12.7. The van der Waals surface area contributed by atoms with Crippen molar-refractivity contribution in [2.45, 2.75) is 43.6 Å². The first kappa shape index (κ1) is 30.4. The van der Waals surface area contributed by atoms with E-state index in [-0.39, 0.29) is 23.3 Å². The Morgan fingerprint density at radius 3 is 2.29 bits per heavy atom. The molecule has 1 aliphatic heterocycles. The first-order chi connectivity index (χ1) is 20.2. The van der Waals surface area contributed by atoms with Crippen LogP contribution >= 0.6 is 23.2 Å². The number of rotatable bonds is 10. The number of nitrogens with zero attached hydrogens (tertiary/aromatic N) is 2. The van der Waals surface area contributed by atoms with Crippen molar-refractivity contribution < 1.29 is 14.3 Å². The summed E-state index contributed by atoms with van der Waals surface area (Å²) in [7, 11) is 3.55. The first-order valence-corrected chi connectivity index (χ1v) is 15.3. The SMILES string of the molecule is COc1ccc(CCN(C)C(=O)C2(c3ccc(Cl)c(Cl)c3)CC2CN2CCC(NC(C)=O)(c3ccccc3)CC2)cc1. The van der Waals surface area contributed by atoms with Crippen molar-refractivity contribution in [3.8, 4) is 5.75 Å². The number of likely N-dealkylation sites (N-methyl/N-ethyl adjacent to an activating group) is 1. The third kappa shape index (κ3) is 6.31. The molecule has 222 valence electrons. The molecular formula is C34H39Cl2N3O3. The fourth-order valence-corrected chi connectivity index (χ4v) is 6.90. The fraction of sp³-hybridized carbons (Fsp3) is 0.412. The lowest BCUT2D eigenvalue weighted by Gasteiger charge is -2.43. The fourth-order valence-electron chi connectivity index (χ4n) is 6.60. The van der Waals surface area contributed by atoms with Crippen LogP contribution in [0.3, 0.4) is 0 Å². The maximum atomic E-state index is 14.2. The number of halogens is 2. The third-order valence-corrected chi connectivity index (χ3v) is 9.83. The molecule has 1 saturated carbocycles. The quantitative estimate of drug-likeness (QED) is 0.303. The Morgan fingerprint density at radius 2 is 1.67 bits per heavy atom. The minimum atomic E-state index is -0.630. The van der Waals surface area contributed by atoms with Gasteiger partial charge in [0, 0.05) is 40.2 Å². The van der Waals surface area contributed by atoms with Crippen LogP contribution in [0.5, 0.6) is 5.75 Å². The Kier molecular flexibility index (Phi) is 9.17. The molecule has 0 bridgehead atoms. The van der Waals surface area contributed by atoms with Crippen molar-refractivity contribution in [3.05, 3.63) is 99.5 Å². The molecule has 8 heteroatoms. The van der Waals surface area contributed by atoms with Crippen molar-refractivity contribution in [2.75, 3.05) is 40.3 Å². The number of likely N-dealkylation sites (tertiary alicyclic amines) is 1. The van der Waals surface area contributed by atoms with E-state index in [1.807, 2.05) is 66.5 Å². The van der Waals surface area contributed by atoms with Gasteiger partial charge in [-0.05, 0) is 72.6 Å². The zero-order chi connectivity index (χ0) is 29.9. The van der Waals surface area contributed by atoms with Crippen LogP contribution in [0.1, 0.15) is 42.9 Å². The van der Waals surface area contributed by atoms with Gasteiger partial charge in [-0.3, -0.25) is 9.59 Å². The Hall–Kier alpha value is -3.06. The average molecular weight is 609 g/mol. The number of amides is 2. The lowest BCUT2D eigenvalue weighted by molar-refractivity contribution is -0.133. The van der Waals surface area contributed by atoms with E-state index in [1.54, 1.807) is 20.1 Å².